The third kappa shape index (κ3) is 3.65. The molecule has 1 amide bonds. The molecule has 120 valence electrons. The zero-order chi connectivity index (χ0) is 16.1. The van der Waals surface area contributed by atoms with Gasteiger partial charge in [0.15, 0.2) is 11.5 Å². The van der Waals surface area contributed by atoms with Crippen molar-refractivity contribution in [1.29, 1.82) is 0 Å². The van der Waals surface area contributed by atoms with Gasteiger partial charge in [-0.15, -0.1) is 0 Å². The maximum absolute atomic E-state index is 12.4. The van der Waals surface area contributed by atoms with Gasteiger partial charge < -0.3 is 14.8 Å². The second-order valence-electron chi connectivity index (χ2n) is 5.56. The quantitative estimate of drug-likeness (QED) is 0.936. The highest BCUT2D eigenvalue weighted by Gasteiger charge is 2.17. The van der Waals surface area contributed by atoms with Crippen LogP contribution in [0.4, 0.5) is 0 Å². The largest absolute Gasteiger partial charge is 0.490 e. The molecule has 0 bridgehead atoms. The van der Waals surface area contributed by atoms with E-state index in [9.17, 15) is 4.79 Å². The second-order valence-corrected chi connectivity index (χ2v) is 5.56. The molecule has 0 fully saturated rings. The van der Waals surface area contributed by atoms with E-state index < -0.39 is 0 Å². The fourth-order valence-electron chi connectivity index (χ4n) is 2.65. The first-order valence-corrected chi connectivity index (χ1v) is 8.03. The summed E-state index contributed by atoms with van der Waals surface area (Å²) in [7, 11) is 0. The molecule has 0 aromatic heterocycles. The van der Waals surface area contributed by atoms with Crippen molar-refractivity contribution >= 4 is 5.91 Å². The Morgan fingerprint density at radius 1 is 1.09 bits per heavy atom. The Labute approximate surface area is 136 Å². The Morgan fingerprint density at radius 2 is 1.83 bits per heavy atom. The van der Waals surface area contributed by atoms with Crippen molar-refractivity contribution in [3.8, 4) is 11.5 Å². The molecular weight excluding hydrogens is 290 g/mol. The molecular formula is C19H21NO3. The zero-order valence-electron chi connectivity index (χ0n) is 13.2. The summed E-state index contributed by atoms with van der Waals surface area (Å²) in [5.41, 5.74) is 1.70. The van der Waals surface area contributed by atoms with Gasteiger partial charge in [-0.25, -0.2) is 0 Å². The molecule has 0 radical (unpaired) electrons. The van der Waals surface area contributed by atoms with Gasteiger partial charge in [-0.3, -0.25) is 4.79 Å². The minimum absolute atomic E-state index is 0.0557. The van der Waals surface area contributed by atoms with Crippen molar-refractivity contribution in [2.45, 2.75) is 25.8 Å². The summed E-state index contributed by atoms with van der Waals surface area (Å²) in [4.78, 5) is 12.4. The molecule has 2 aromatic rings. The number of rotatable bonds is 4. The highest BCUT2D eigenvalue weighted by atomic mass is 16.5. The number of amides is 1. The zero-order valence-corrected chi connectivity index (χ0v) is 13.2. The molecule has 1 atom stereocenters. The standard InChI is InChI=1S/C19H21NO3/c1-2-16(20-19(21)14-7-4-3-5-8-14)15-9-10-17-18(13-15)23-12-6-11-22-17/h3-5,7-10,13,16H,2,6,11-12H2,1H3,(H,20,21)/t16-/m1/s1. The molecule has 0 aliphatic carbocycles. The van der Waals surface area contributed by atoms with Crippen LogP contribution in [0.25, 0.3) is 0 Å². The maximum Gasteiger partial charge on any atom is 0.251 e. The summed E-state index contributed by atoms with van der Waals surface area (Å²) in [6, 6.07) is 15.1. The number of ether oxygens (including phenoxy) is 2. The number of hydrogen-bond acceptors (Lipinski definition) is 3. The van der Waals surface area contributed by atoms with Crippen LogP contribution >= 0.6 is 0 Å². The highest BCUT2D eigenvalue weighted by Crippen LogP contribution is 2.33. The third-order valence-electron chi connectivity index (χ3n) is 3.92. The lowest BCUT2D eigenvalue weighted by atomic mass is 10.0. The molecule has 0 spiro atoms. The molecule has 1 N–H and O–H groups in total. The molecule has 0 saturated carbocycles. The second kappa shape index (κ2) is 7.18. The summed E-state index contributed by atoms with van der Waals surface area (Å²) in [5, 5.41) is 3.09. The van der Waals surface area contributed by atoms with Crippen LogP contribution in [0.5, 0.6) is 11.5 Å². The van der Waals surface area contributed by atoms with E-state index in [-0.39, 0.29) is 11.9 Å². The van der Waals surface area contributed by atoms with Gasteiger partial charge in [0, 0.05) is 12.0 Å². The van der Waals surface area contributed by atoms with E-state index in [1.54, 1.807) is 0 Å². The summed E-state index contributed by atoms with van der Waals surface area (Å²) in [6.07, 6.45) is 1.68. The summed E-state index contributed by atoms with van der Waals surface area (Å²) < 4.78 is 11.4. The van der Waals surface area contributed by atoms with Crippen molar-refractivity contribution in [2.24, 2.45) is 0 Å². The number of carbonyl (C=O) groups excluding carboxylic acids is 1. The van der Waals surface area contributed by atoms with E-state index in [1.807, 2.05) is 48.5 Å². The third-order valence-corrected chi connectivity index (χ3v) is 3.92. The molecule has 23 heavy (non-hydrogen) atoms. The van der Waals surface area contributed by atoms with Crippen LogP contribution in [-0.2, 0) is 0 Å². The summed E-state index contributed by atoms with van der Waals surface area (Å²) in [5.74, 6) is 1.47. The predicted molar refractivity (Wildman–Crippen MR) is 89.0 cm³/mol. The first-order chi connectivity index (χ1) is 11.3. The topological polar surface area (TPSA) is 47.6 Å². The number of fused-ring (bicyclic) bond motifs is 1. The molecule has 2 aromatic carbocycles. The molecule has 1 heterocycles. The van der Waals surface area contributed by atoms with Crippen LogP contribution in [0.3, 0.4) is 0 Å². The molecule has 1 aliphatic heterocycles. The fourth-order valence-corrected chi connectivity index (χ4v) is 2.65. The van der Waals surface area contributed by atoms with Crippen molar-refractivity contribution in [1.82, 2.24) is 5.32 Å². The van der Waals surface area contributed by atoms with E-state index in [0.29, 0.717) is 18.8 Å². The van der Waals surface area contributed by atoms with Gasteiger partial charge in [-0.1, -0.05) is 31.2 Å². The van der Waals surface area contributed by atoms with Crippen LogP contribution in [0.15, 0.2) is 48.5 Å². The average molecular weight is 311 g/mol. The van der Waals surface area contributed by atoms with Gasteiger partial charge in [0.2, 0.25) is 0 Å². The predicted octanol–water partition coefficient (Wildman–Crippen LogP) is 3.73. The molecule has 1 aliphatic rings. The van der Waals surface area contributed by atoms with E-state index in [4.69, 9.17) is 9.47 Å². The van der Waals surface area contributed by atoms with Crippen molar-refractivity contribution < 1.29 is 14.3 Å². The average Bonchev–Trinajstić information content (AvgIpc) is 2.85. The monoisotopic (exact) mass is 311 g/mol. The van der Waals surface area contributed by atoms with E-state index in [2.05, 4.69) is 12.2 Å². The smallest absolute Gasteiger partial charge is 0.251 e. The molecule has 0 unspecified atom stereocenters. The molecule has 0 saturated heterocycles. The Balaban J connectivity index is 1.78. The van der Waals surface area contributed by atoms with Gasteiger partial charge >= 0.3 is 0 Å². The van der Waals surface area contributed by atoms with Crippen molar-refractivity contribution in [3.05, 3.63) is 59.7 Å². The number of nitrogens with one attached hydrogen (secondary N) is 1. The number of hydrogen-bond donors (Lipinski definition) is 1. The minimum Gasteiger partial charge on any atom is -0.490 e. The lowest BCUT2D eigenvalue weighted by Gasteiger charge is -2.19. The molecule has 4 nitrogen and oxygen atoms in total. The summed E-state index contributed by atoms with van der Waals surface area (Å²) in [6.45, 7) is 3.39. The first kappa shape index (κ1) is 15.4. The lowest BCUT2D eigenvalue weighted by Crippen LogP contribution is -2.28. The highest BCUT2D eigenvalue weighted by molar-refractivity contribution is 5.94. The Kier molecular flexibility index (Phi) is 4.81. The van der Waals surface area contributed by atoms with Crippen LogP contribution in [0, 0.1) is 0 Å². The minimum atomic E-state index is -0.0652. The maximum atomic E-state index is 12.4. The SMILES string of the molecule is CC[C@@H](NC(=O)c1ccccc1)c1ccc2c(c1)OCCCO2. The van der Waals surface area contributed by atoms with Crippen molar-refractivity contribution in [2.75, 3.05) is 13.2 Å². The normalized spacial score (nSPS) is 14.7. The fraction of sp³-hybridized carbons (Fsp3) is 0.316. The molecule has 4 heteroatoms. The molecule has 3 rings (SSSR count). The van der Waals surface area contributed by atoms with Crippen LogP contribution in [-0.4, -0.2) is 19.1 Å². The van der Waals surface area contributed by atoms with Crippen LogP contribution in [0.1, 0.15) is 41.7 Å². The Hall–Kier alpha value is -2.49. The van der Waals surface area contributed by atoms with E-state index in [1.165, 1.54) is 0 Å². The van der Waals surface area contributed by atoms with Crippen LogP contribution in [0.2, 0.25) is 0 Å². The summed E-state index contributed by atoms with van der Waals surface area (Å²) >= 11 is 0. The van der Waals surface area contributed by atoms with E-state index >= 15 is 0 Å². The number of carbonyl (C=O) groups is 1. The first-order valence-electron chi connectivity index (χ1n) is 8.03. The van der Waals surface area contributed by atoms with Crippen LogP contribution < -0.4 is 14.8 Å². The van der Waals surface area contributed by atoms with Crippen molar-refractivity contribution in [3.63, 3.8) is 0 Å². The van der Waals surface area contributed by atoms with Gasteiger partial charge in [0.1, 0.15) is 0 Å². The van der Waals surface area contributed by atoms with E-state index in [0.717, 1.165) is 29.9 Å². The van der Waals surface area contributed by atoms with Gasteiger partial charge in [-0.2, -0.15) is 0 Å². The van der Waals surface area contributed by atoms with Gasteiger partial charge in [-0.05, 0) is 36.2 Å². The van der Waals surface area contributed by atoms with Gasteiger partial charge in [0.25, 0.3) is 5.91 Å². The lowest BCUT2D eigenvalue weighted by molar-refractivity contribution is 0.0935. The number of benzene rings is 2. The Morgan fingerprint density at radius 3 is 2.57 bits per heavy atom. The Bertz CT molecular complexity index is 670. The van der Waals surface area contributed by atoms with Gasteiger partial charge in [0.05, 0.1) is 19.3 Å².